The molecule has 4 nitrogen and oxygen atoms in total. The van der Waals surface area contributed by atoms with Gasteiger partial charge in [0.05, 0.1) is 17.1 Å². The molecule has 1 aliphatic rings. The van der Waals surface area contributed by atoms with Crippen LogP contribution in [-0.4, -0.2) is 29.9 Å². The zero-order valence-corrected chi connectivity index (χ0v) is 21.8. The minimum absolute atomic E-state index is 0.0946. The third-order valence-corrected chi connectivity index (χ3v) is 8.04. The van der Waals surface area contributed by atoms with Gasteiger partial charge in [-0.05, 0) is 66.3 Å². The van der Waals surface area contributed by atoms with Crippen molar-refractivity contribution in [3.63, 3.8) is 0 Å². The van der Waals surface area contributed by atoms with E-state index < -0.39 is 0 Å². The Hall–Kier alpha value is -3.03. The minimum Gasteiger partial charge on any atom is -0.352 e. The van der Waals surface area contributed by atoms with Crippen LogP contribution >= 0.6 is 23.5 Å². The Kier molecular flexibility index (Phi) is 9.25. The van der Waals surface area contributed by atoms with Crippen LogP contribution in [0.5, 0.6) is 0 Å². The van der Waals surface area contributed by atoms with Crippen LogP contribution in [0.25, 0.3) is 6.08 Å². The number of rotatable bonds is 10. The van der Waals surface area contributed by atoms with Crippen molar-refractivity contribution in [1.29, 1.82) is 0 Å². The Balaban J connectivity index is 1.47. The van der Waals surface area contributed by atoms with E-state index in [2.05, 4.69) is 12.2 Å². The molecule has 1 aliphatic heterocycles. The van der Waals surface area contributed by atoms with Crippen molar-refractivity contribution in [3.8, 4) is 0 Å². The number of amides is 2. The molecule has 0 fully saturated rings. The van der Waals surface area contributed by atoms with Crippen molar-refractivity contribution in [2.45, 2.75) is 31.2 Å². The number of nitrogens with one attached hydrogen (secondary N) is 1. The first-order valence-electron chi connectivity index (χ1n) is 12.1. The smallest absolute Gasteiger partial charge is 0.265 e. The second kappa shape index (κ2) is 12.8. The van der Waals surface area contributed by atoms with Gasteiger partial charge in [-0.25, -0.2) is 4.39 Å². The van der Waals surface area contributed by atoms with Crippen molar-refractivity contribution in [2.75, 3.05) is 23.0 Å². The summed E-state index contributed by atoms with van der Waals surface area (Å²) in [5, 5.41) is 2.97. The average molecular weight is 521 g/mol. The molecule has 0 spiro atoms. The van der Waals surface area contributed by atoms with Crippen molar-refractivity contribution >= 4 is 47.1 Å². The number of para-hydroxylation sites is 1. The molecule has 0 aromatic heterocycles. The summed E-state index contributed by atoms with van der Waals surface area (Å²) in [6.45, 7) is 2.97. The van der Waals surface area contributed by atoms with E-state index in [4.69, 9.17) is 0 Å². The highest BCUT2D eigenvalue weighted by Crippen LogP contribution is 2.42. The molecule has 1 N–H and O–H groups in total. The first-order chi connectivity index (χ1) is 17.6. The number of thioether (sulfide) groups is 2. The van der Waals surface area contributed by atoms with Crippen LogP contribution in [0, 0.1) is 5.82 Å². The molecule has 0 aliphatic carbocycles. The highest BCUT2D eigenvalue weighted by Gasteiger charge is 2.29. The van der Waals surface area contributed by atoms with E-state index in [1.54, 1.807) is 35.2 Å². The van der Waals surface area contributed by atoms with Gasteiger partial charge < -0.3 is 10.2 Å². The molecule has 0 saturated heterocycles. The molecule has 0 bridgehead atoms. The number of hydrogen-bond donors (Lipinski definition) is 1. The Morgan fingerprint density at radius 2 is 1.78 bits per heavy atom. The summed E-state index contributed by atoms with van der Waals surface area (Å²) < 4.78 is 14.4. The normalized spacial score (nSPS) is 14.1. The summed E-state index contributed by atoms with van der Waals surface area (Å²) in [6.07, 6.45) is 3.94. The summed E-state index contributed by atoms with van der Waals surface area (Å²) in [7, 11) is 0. The average Bonchev–Trinajstić information content (AvgIpc) is 2.90. The first kappa shape index (κ1) is 26.0. The summed E-state index contributed by atoms with van der Waals surface area (Å²) in [5.41, 5.74) is 2.65. The van der Waals surface area contributed by atoms with Gasteiger partial charge in [-0.2, -0.15) is 11.8 Å². The molecular formula is C29H29FN2O2S2. The predicted molar refractivity (Wildman–Crippen MR) is 149 cm³/mol. The largest absolute Gasteiger partial charge is 0.352 e. The van der Waals surface area contributed by atoms with Gasteiger partial charge in [0.2, 0.25) is 0 Å². The van der Waals surface area contributed by atoms with Gasteiger partial charge in [0.15, 0.2) is 0 Å². The third-order valence-electron chi connectivity index (χ3n) is 5.69. The zero-order valence-electron chi connectivity index (χ0n) is 20.2. The summed E-state index contributed by atoms with van der Waals surface area (Å²) in [5.74, 6) is 1.59. The van der Waals surface area contributed by atoms with Crippen LogP contribution < -0.4 is 10.2 Å². The van der Waals surface area contributed by atoms with Crippen molar-refractivity contribution in [2.24, 2.45) is 0 Å². The summed E-state index contributed by atoms with van der Waals surface area (Å²) in [4.78, 5) is 29.0. The van der Waals surface area contributed by atoms with Gasteiger partial charge in [0.25, 0.3) is 11.8 Å². The molecule has 2 amide bonds. The lowest BCUT2D eigenvalue weighted by atomic mass is 10.1. The number of fused-ring (bicyclic) bond motifs is 1. The fourth-order valence-electron chi connectivity index (χ4n) is 3.82. The Morgan fingerprint density at radius 3 is 2.56 bits per heavy atom. The van der Waals surface area contributed by atoms with E-state index in [0.29, 0.717) is 22.6 Å². The van der Waals surface area contributed by atoms with Crippen molar-refractivity contribution in [1.82, 2.24) is 5.32 Å². The second-order valence-corrected chi connectivity index (χ2v) is 10.7. The van der Waals surface area contributed by atoms with Crippen molar-refractivity contribution in [3.05, 3.63) is 100 Å². The highest BCUT2D eigenvalue weighted by atomic mass is 32.2. The molecule has 4 rings (SSSR count). The number of nitrogens with zero attached hydrogens (tertiary/aromatic N) is 1. The van der Waals surface area contributed by atoms with Crippen LogP contribution in [-0.2, 0) is 11.3 Å². The SMILES string of the molecule is CCCSCCCNC(=O)c1ccc(C=C2Sc3ccccc3N(Cc3ccccc3F)C2=O)cc1. The van der Waals surface area contributed by atoms with Gasteiger partial charge in [0.1, 0.15) is 5.82 Å². The molecule has 186 valence electrons. The van der Waals surface area contributed by atoms with Crippen LogP contribution in [0.3, 0.4) is 0 Å². The molecule has 1 heterocycles. The maximum atomic E-state index is 14.4. The van der Waals surface area contributed by atoms with Gasteiger partial charge in [-0.3, -0.25) is 9.59 Å². The zero-order chi connectivity index (χ0) is 25.3. The third kappa shape index (κ3) is 6.59. The molecule has 0 radical (unpaired) electrons. The quantitative estimate of drug-likeness (QED) is 0.237. The van der Waals surface area contributed by atoms with E-state index in [-0.39, 0.29) is 24.2 Å². The van der Waals surface area contributed by atoms with Gasteiger partial charge in [0, 0.05) is 22.6 Å². The minimum atomic E-state index is -0.333. The van der Waals surface area contributed by atoms with Crippen molar-refractivity contribution < 1.29 is 14.0 Å². The molecule has 3 aromatic rings. The topological polar surface area (TPSA) is 49.4 Å². The number of halogens is 1. The van der Waals surface area contributed by atoms with Crippen LogP contribution in [0.4, 0.5) is 10.1 Å². The number of benzene rings is 3. The first-order valence-corrected chi connectivity index (χ1v) is 14.0. The lowest BCUT2D eigenvalue weighted by Gasteiger charge is -2.30. The predicted octanol–water partition coefficient (Wildman–Crippen LogP) is 6.77. The van der Waals surface area contributed by atoms with E-state index in [0.717, 1.165) is 34.1 Å². The van der Waals surface area contributed by atoms with Gasteiger partial charge >= 0.3 is 0 Å². The van der Waals surface area contributed by atoms with Crippen LogP contribution in [0.2, 0.25) is 0 Å². The molecular weight excluding hydrogens is 491 g/mol. The van der Waals surface area contributed by atoms with Crippen LogP contribution in [0.1, 0.15) is 41.3 Å². The lowest BCUT2D eigenvalue weighted by molar-refractivity contribution is -0.114. The number of hydrogen-bond acceptors (Lipinski definition) is 4. The maximum Gasteiger partial charge on any atom is 0.265 e. The number of anilines is 1. The summed E-state index contributed by atoms with van der Waals surface area (Å²) in [6, 6.07) is 21.4. The van der Waals surface area contributed by atoms with Gasteiger partial charge in [-0.1, -0.05) is 61.2 Å². The van der Waals surface area contributed by atoms with E-state index >= 15 is 0 Å². The standard InChI is InChI=1S/C29H29FN2O2S2/c1-2-17-35-18-7-16-31-28(33)22-14-12-21(13-15-22)19-27-29(34)32(20-23-8-3-4-9-24(23)30)25-10-5-6-11-26(25)36-27/h3-6,8-15,19H,2,7,16-18,20H2,1H3,(H,31,33). The fraction of sp³-hybridized carbons (Fsp3) is 0.241. The van der Waals surface area contributed by atoms with E-state index in [9.17, 15) is 14.0 Å². The molecule has 0 saturated carbocycles. The molecule has 36 heavy (non-hydrogen) atoms. The van der Waals surface area contributed by atoms with Crippen LogP contribution in [0.15, 0.2) is 82.6 Å². The van der Waals surface area contributed by atoms with Gasteiger partial charge in [-0.15, -0.1) is 0 Å². The second-order valence-electron chi connectivity index (χ2n) is 8.40. The molecule has 0 atom stereocenters. The summed E-state index contributed by atoms with van der Waals surface area (Å²) >= 11 is 3.31. The fourth-order valence-corrected chi connectivity index (χ4v) is 5.72. The number of carbonyl (C=O) groups excluding carboxylic acids is 2. The lowest BCUT2D eigenvalue weighted by Crippen LogP contribution is -2.34. The van der Waals surface area contributed by atoms with E-state index in [1.165, 1.54) is 24.2 Å². The molecule has 3 aromatic carbocycles. The Morgan fingerprint density at radius 1 is 1.03 bits per heavy atom. The molecule has 0 unspecified atom stereocenters. The Labute approximate surface area is 220 Å². The highest BCUT2D eigenvalue weighted by molar-refractivity contribution is 8.04. The number of carbonyl (C=O) groups is 2. The maximum absolute atomic E-state index is 14.4. The molecule has 7 heteroatoms. The van der Waals surface area contributed by atoms with E-state index in [1.807, 2.05) is 54.2 Å². The monoisotopic (exact) mass is 520 g/mol. The Bertz CT molecular complexity index is 1240.